The summed E-state index contributed by atoms with van der Waals surface area (Å²) in [6.07, 6.45) is -0.558. The highest BCUT2D eigenvalue weighted by atomic mass is 16.6. The number of piperidine rings is 1. The smallest absolute Gasteiger partial charge is 0.410 e. The number of rotatable bonds is 4. The van der Waals surface area contributed by atoms with Crippen molar-refractivity contribution in [2.75, 3.05) is 13.1 Å². The molecule has 1 aliphatic heterocycles. The van der Waals surface area contributed by atoms with Gasteiger partial charge in [-0.2, -0.15) is 0 Å². The summed E-state index contributed by atoms with van der Waals surface area (Å²) in [6.45, 7) is 8.60. The number of nitrogens with zero attached hydrogens (tertiary/aromatic N) is 1. The quantitative estimate of drug-likeness (QED) is 0.830. The van der Waals surface area contributed by atoms with Gasteiger partial charge < -0.3 is 19.5 Å². The summed E-state index contributed by atoms with van der Waals surface area (Å²) < 4.78 is 11.7. The second-order valence-electron chi connectivity index (χ2n) is 8.75. The fourth-order valence-electron chi connectivity index (χ4n) is 3.54. The summed E-state index contributed by atoms with van der Waals surface area (Å²) >= 11 is 0. The molecule has 2 aromatic rings. The highest BCUT2D eigenvalue weighted by Gasteiger charge is 2.45. The average molecular weight is 398 g/mol. The van der Waals surface area contributed by atoms with Crippen LogP contribution in [-0.2, 0) is 21.7 Å². The van der Waals surface area contributed by atoms with Gasteiger partial charge in [0.2, 0.25) is 0 Å². The Morgan fingerprint density at radius 2 is 1.79 bits per heavy atom. The van der Waals surface area contributed by atoms with E-state index in [9.17, 15) is 9.90 Å². The first-order chi connectivity index (χ1) is 13.7. The molecule has 1 heterocycles. The van der Waals surface area contributed by atoms with Gasteiger partial charge in [-0.05, 0) is 38.8 Å². The second kappa shape index (κ2) is 8.56. The molecule has 0 spiro atoms. The monoisotopic (exact) mass is 397 g/mol. The minimum absolute atomic E-state index is 0.270. The molecule has 2 aromatic carbocycles. The van der Waals surface area contributed by atoms with E-state index in [2.05, 4.69) is 0 Å². The number of likely N-dealkylation sites (tertiary alicyclic amines) is 1. The molecule has 5 nitrogen and oxygen atoms in total. The van der Waals surface area contributed by atoms with Crippen molar-refractivity contribution in [1.82, 2.24) is 4.90 Å². The molecule has 2 atom stereocenters. The van der Waals surface area contributed by atoms with Crippen LogP contribution in [0.1, 0.15) is 43.9 Å². The number of benzene rings is 2. The lowest BCUT2D eigenvalue weighted by atomic mass is 9.81. The zero-order valence-corrected chi connectivity index (χ0v) is 17.7. The van der Waals surface area contributed by atoms with E-state index in [4.69, 9.17) is 9.47 Å². The Morgan fingerprint density at radius 1 is 1.14 bits per heavy atom. The van der Waals surface area contributed by atoms with Gasteiger partial charge >= 0.3 is 6.09 Å². The molecule has 1 aliphatic rings. The molecule has 29 heavy (non-hydrogen) atoms. The van der Waals surface area contributed by atoms with Crippen LogP contribution in [0.25, 0.3) is 0 Å². The van der Waals surface area contributed by atoms with Gasteiger partial charge in [-0.1, -0.05) is 60.2 Å². The molecule has 0 aliphatic carbocycles. The lowest BCUT2D eigenvalue weighted by Gasteiger charge is -2.44. The average Bonchev–Trinajstić information content (AvgIpc) is 2.67. The third-order valence-corrected chi connectivity index (χ3v) is 5.18. The van der Waals surface area contributed by atoms with Crippen LogP contribution < -0.4 is 0 Å². The van der Waals surface area contributed by atoms with E-state index in [1.165, 1.54) is 0 Å². The van der Waals surface area contributed by atoms with Gasteiger partial charge in [-0.25, -0.2) is 4.79 Å². The fraction of sp³-hybridized carbons (Fsp3) is 0.458. The molecule has 0 saturated carbocycles. The predicted octanol–water partition coefficient (Wildman–Crippen LogP) is 4.41. The molecular weight excluding hydrogens is 366 g/mol. The van der Waals surface area contributed by atoms with Crippen molar-refractivity contribution < 1.29 is 19.4 Å². The molecule has 1 saturated heterocycles. The lowest BCUT2D eigenvalue weighted by molar-refractivity contribution is -0.154. The van der Waals surface area contributed by atoms with Crippen LogP contribution in [0.15, 0.2) is 54.6 Å². The molecule has 1 N–H and O–H groups in total. The van der Waals surface area contributed by atoms with Crippen LogP contribution in [0.4, 0.5) is 4.79 Å². The summed E-state index contributed by atoms with van der Waals surface area (Å²) in [6, 6.07) is 17.7. The summed E-state index contributed by atoms with van der Waals surface area (Å²) in [5.74, 6) is 0. The molecule has 1 fully saturated rings. The van der Waals surface area contributed by atoms with E-state index < -0.39 is 17.3 Å². The second-order valence-corrected chi connectivity index (χ2v) is 8.75. The maximum atomic E-state index is 12.6. The largest absolute Gasteiger partial charge is 0.444 e. The van der Waals surface area contributed by atoms with Crippen LogP contribution >= 0.6 is 0 Å². The molecule has 0 bridgehead atoms. The zero-order chi connectivity index (χ0) is 21.1. The maximum absolute atomic E-state index is 12.6. The Balaban J connectivity index is 1.81. The van der Waals surface area contributed by atoms with Crippen molar-refractivity contribution >= 4 is 6.09 Å². The molecule has 3 rings (SSSR count). The Labute approximate surface area is 173 Å². The number of aliphatic hydroxyl groups is 1. The van der Waals surface area contributed by atoms with Crippen molar-refractivity contribution in [3.05, 3.63) is 71.3 Å². The number of carbonyl (C=O) groups is 1. The normalized spacial score (nSPS) is 22.4. The predicted molar refractivity (Wildman–Crippen MR) is 113 cm³/mol. The molecule has 2 unspecified atom stereocenters. The highest BCUT2D eigenvalue weighted by Crippen LogP contribution is 2.36. The van der Waals surface area contributed by atoms with Crippen molar-refractivity contribution in [2.45, 2.75) is 58.0 Å². The summed E-state index contributed by atoms with van der Waals surface area (Å²) in [5, 5.41) is 11.6. The van der Waals surface area contributed by atoms with Crippen LogP contribution in [0.3, 0.4) is 0 Å². The number of hydrogen-bond donors (Lipinski definition) is 1. The number of ether oxygens (including phenoxy) is 2. The van der Waals surface area contributed by atoms with Gasteiger partial charge in [0, 0.05) is 13.0 Å². The molecule has 0 aromatic heterocycles. The van der Waals surface area contributed by atoms with E-state index >= 15 is 0 Å². The molecule has 156 valence electrons. The molecule has 0 radical (unpaired) electrons. The minimum atomic E-state index is -1.17. The lowest BCUT2D eigenvalue weighted by Crippen LogP contribution is -2.56. The summed E-state index contributed by atoms with van der Waals surface area (Å²) in [5.41, 5.74) is 1.23. The molecular formula is C24H31NO4. The molecule has 1 amide bonds. The van der Waals surface area contributed by atoms with Crippen molar-refractivity contribution in [3.63, 3.8) is 0 Å². The summed E-state index contributed by atoms with van der Waals surface area (Å²) in [4.78, 5) is 14.2. The number of hydrogen-bond acceptors (Lipinski definition) is 4. The van der Waals surface area contributed by atoms with Gasteiger partial charge in [0.25, 0.3) is 0 Å². The van der Waals surface area contributed by atoms with Gasteiger partial charge in [-0.15, -0.1) is 0 Å². The van der Waals surface area contributed by atoms with E-state index in [1.807, 2.05) is 82.3 Å². The van der Waals surface area contributed by atoms with Crippen molar-refractivity contribution in [3.8, 4) is 0 Å². The Hall–Kier alpha value is -2.37. The third kappa shape index (κ3) is 5.37. The minimum Gasteiger partial charge on any atom is -0.444 e. The van der Waals surface area contributed by atoms with Gasteiger partial charge in [0.05, 0.1) is 13.2 Å². The van der Waals surface area contributed by atoms with E-state index in [1.54, 1.807) is 4.90 Å². The number of carbonyl (C=O) groups excluding carboxylic acids is 1. The number of aryl methyl sites for hydroxylation is 1. The Kier molecular flexibility index (Phi) is 6.30. The highest BCUT2D eigenvalue weighted by molar-refractivity contribution is 5.68. The van der Waals surface area contributed by atoms with Gasteiger partial charge in [0.1, 0.15) is 17.3 Å². The maximum Gasteiger partial charge on any atom is 0.410 e. The van der Waals surface area contributed by atoms with Gasteiger partial charge in [-0.3, -0.25) is 0 Å². The van der Waals surface area contributed by atoms with Crippen LogP contribution in [0.5, 0.6) is 0 Å². The van der Waals surface area contributed by atoms with Crippen LogP contribution in [-0.4, -0.2) is 40.9 Å². The van der Waals surface area contributed by atoms with Crippen LogP contribution in [0, 0.1) is 6.92 Å². The first-order valence-electron chi connectivity index (χ1n) is 10.1. The summed E-state index contributed by atoms with van der Waals surface area (Å²) in [7, 11) is 0. The van der Waals surface area contributed by atoms with Gasteiger partial charge in [0.15, 0.2) is 0 Å². The third-order valence-electron chi connectivity index (χ3n) is 5.18. The van der Waals surface area contributed by atoms with Crippen molar-refractivity contribution in [1.29, 1.82) is 0 Å². The Bertz CT molecular complexity index is 813. The van der Waals surface area contributed by atoms with E-state index in [0.717, 1.165) is 16.7 Å². The SMILES string of the molecule is Cc1ccc(C2(O)CCN(C(=O)OC(C)(C)C)CC2OCc2ccccc2)cc1. The van der Waals surface area contributed by atoms with E-state index in [-0.39, 0.29) is 12.6 Å². The first-order valence-corrected chi connectivity index (χ1v) is 10.1. The fourth-order valence-corrected chi connectivity index (χ4v) is 3.54. The number of amides is 1. The van der Waals surface area contributed by atoms with E-state index in [0.29, 0.717) is 19.6 Å². The van der Waals surface area contributed by atoms with Crippen molar-refractivity contribution in [2.24, 2.45) is 0 Å². The molecule has 5 heteroatoms. The first kappa shape index (κ1) is 21.3. The standard InChI is InChI=1S/C24H31NO4/c1-18-10-12-20(13-11-18)24(27)14-15-25(22(26)29-23(2,3)4)16-21(24)28-17-19-8-6-5-7-9-19/h5-13,21,27H,14-17H2,1-4H3. The Morgan fingerprint density at radius 3 is 2.41 bits per heavy atom. The van der Waals surface area contributed by atoms with Crippen LogP contribution in [0.2, 0.25) is 0 Å². The zero-order valence-electron chi connectivity index (χ0n) is 17.7. The topological polar surface area (TPSA) is 59.0 Å².